The Morgan fingerprint density at radius 2 is 0.703 bits per heavy atom. The summed E-state index contributed by atoms with van der Waals surface area (Å²) in [6, 6.07) is 42.9. The zero-order chi connectivity index (χ0) is 54.9. The number of hydrogen-bond donors (Lipinski definition) is 0. The van der Waals surface area contributed by atoms with Crippen LogP contribution in [0.2, 0.25) is 0 Å². The zero-order valence-electron chi connectivity index (χ0n) is 49.0. The van der Waals surface area contributed by atoms with Crippen LogP contribution >= 0.6 is 0 Å². The lowest BCUT2D eigenvalue weighted by atomic mass is 10.1. The Kier molecular flexibility index (Phi) is 36.8. The Hall–Kier alpha value is -6.08. The van der Waals surface area contributed by atoms with Gasteiger partial charge < -0.3 is 33.2 Å². The van der Waals surface area contributed by atoms with Gasteiger partial charge in [0.15, 0.2) is 0 Å². The molecule has 408 valence electrons. The second-order valence-corrected chi connectivity index (χ2v) is 18.8. The lowest BCUT2D eigenvalue weighted by Gasteiger charge is -2.13. The SMILES string of the molecule is CCC(C)COc1ccc(C)cc1C.CCCCOc1ccc(C)cc1C.CCCOc1ccc(C)cc1.CCCOc1ccc(C)cc1C.CCCOc1cccc(C)c1.CCCOc1cccc(OCC)c1. The Morgan fingerprint density at radius 1 is 0.324 bits per heavy atom. The predicted molar refractivity (Wildman–Crippen MR) is 316 cm³/mol. The van der Waals surface area contributed by atoms with Crippen molar-refractivity contribution >= 4 is 0 Å². The maximum atomic E-state index is 5.74. The highest BCUT2D eigenvalue weighted by molar-refractivity contribution is 5.38. The molecule has 0 aromatic heterocycles. The van der Waals surface area contributed by atoms with Crippen molar-refractivity contribution in [3.8, 4) is 40.2 Å². The van der Waals surface area contributed by atoms with Crippen molar-refractivity contribution in [2.24, 2.45) is 5.92 Å². The Morgan fingerprint density at radius 3 is 1.12 bits per heavy atom. The van der Waals surface area contributed by atoms with E-state index in [9.17, 15) is 0 Å². The van der Waals surface area contributed by atoms with Crippen LogP contribution in [-0.2, 0) is 0 Å². The average molecular weight is 1020 g/mol. The van der Waals surface area contributed by atoms with Gasteiger partial charge in [0.1, 0.15) is 40.2 Å². The second kappa shape index (κ2) is 41.3. The number of unbranched alkanes of at least 4 members (excludes halogenated alkanes) is 1. The van der Waals surface area contributed by atoms with Crippen molar-refractivity contribution in [2.75, 3.05) is 46.2 Å². The molecule has 0 fully saturated rings. The Balaban J connectivity index is 0.000000445. The van der Waals surface area contributed by atoms with Crippen LogP contribution in [0.25, 0.3) is 0 Å². The summed E-state index contributed by atoms with van der Waals surface area (Å²) in [7, 11) is 0. The summed E-state index contributed by atoms with van der Waals surface area (Å²) in [4.78, 5) is 0. The molecular formula is C67H98O7. The van der Waals surface area contributed by atoms with Crippen molar-refractivity contribution in [2.45, 2.75) is 156 Å². The van der Waals surface area contributed by atoms with Gasteiger partial charge in [-0.05, 0) is 177 Å². The van der Waals surface area contributed by atoms with E-state index in [0.717, 1.165) is 112 Å². The highest BCUT2D eigenvalue weighted by Crippen LogP contribution is 2.22. The van der Waals surface area contributed by atoms with E-state index in [1.807, 2.05) is 61.5 Å². The van der Waals surface area contributed by atoms with Crippen LogP contribution < -0.4 is 33.2 Å². The van der Waals surface area contributed by atoms with Gasteiger partial charge in [0.05, 0.1) is 46.2 Å². The summed E-state index contributed by atoms with van der Waals surface area (Å²) in [6.07, 6.45) is 7.71. The molecule has 0 aliphatic carbocycles. The molecule has 0 saturated heterocycles. The number of hydrogen-bond acceptors (Lipinski definition) is 7. The quantitative estimate of drug-likeness (QED) is 0.0628. The molecule has 0 N–H and O–H groups in total. The van der Waals surface area contributed by atoms with Gasteiger partial charge in [-0.3, -0.25) is 0 Å². The molecular weight excluding hydrogens is 917 g/mol. The van der Waals surface area contributed by atoms with Crippen LogP contribution in [0.15, 0.2) is 127 Å². The normalized spacial score (nSPS) is 10.3. The molecule has 0 radical (unpaired) electrons. The predicted octanol–water partition coefficient (Wildman–Crippen LogP) is 18.7. The highest BCUT2D eigenvalue weighted by Gasteiger charge is 2.04. The lowest BCUT2D eigenvalue weighted by Crippen LogP contribution is -2.07. The summed E-state index contributed by atoms with van der Waals surface area (Å²) < 4.78 is 38.6. The van der Waals surface area contributed by atoms with Gasteiger partial charge in [-0.2, -0.15) is 0 Å². The third-order valence-corrected chi connectivity index (χ3v) is 11.0. The fraction of sp³-hybridized carbons (Fsp3) is 0.463. The van der Waals surface area contributed by atoms with Gasteiger partial charge in [-0.25, -0.2) is 0 Å². The van der Waals surface area contributed by atoms with Crippen molar-refractivity contribution in [1.82, 2.24) is 0 Å². The molecule has 74 heavy (non-hydrogen) atoms. The number of rotatable bonds is 22. The van der Waals surface area contributed by atoms with Crippen LogP contribution in [0.5, 0.6) is 40.2 Å². The molecule has 0 heterocycles. The molecule has 0 bridgehead atoms. The fourth-order valence-electron chi connectivity index (χ4n) is 6.59. The molecule has 0 spiro atoms. The number of ether oxygens (including phenoxy) is 7. The van der Waals surface area contributed by atoms with Gasteiger partial charge in [0.2, 0.25) is 0 Å². The summed E-state index contributed by atoms with van der Waals surface area (Å²) in [5, 5.41) is 0. The molecule has 0 aliphatic rings. The van der Waals surface area contributed by atoms with E-state index in [1.54, 1.807) is 0 Å². The summed E-state index contributed by atoms with van der Waals surface area (Å²) in [5.74, 6) is 7.40. The standard InChI is InChI=1S/C13H20O.C12H18O.C11H16O2.C11H16O.2C10H14O/c1-5-10(2)9-14-13-7-6-11(3)8-12(13)4;1-4-5-8-13-12-7-6-10(2)9-11(12)3;1-3-8-13-11-7-5-6-10(9-11)12-4-2;1-4-7-12-11-6-5-9(2)8-10(11)3;1-3-8-11-10-6-4-9(2)5-7-10;1-3-7-11-10-6-4-5-9(2)8-10/h6-8,10H,5,9H2,1-4H3;6-7,9H,4-5,8H2,1-3H3;5-7,9H,3-4,8H2,1-2H3;5-6,8H,4,7H2,1-3H3;4-7H,3,8H2,1-2H3;4-6,8H,3,7H2,1-2H3. The zero-order valence-corrected chi connectivity index (χ0v) is 49.0. The topological polar surface area (TPSA) is 64.6 Å². The Labute approximate surface area is 451 Å². The third kappa shape index (κ3) is 31.5. The summed E-state index contributed by atoms with van der Waals surface area (Å²) in [6.45, 7) is 39.2. The molecule has 7 heteroatoms. The van der Waals surface area contributed by atoms with Crippen LogP contribution in [-0.4, -0.2) is 46.2 Å². The monoisotopic (exact) mass is 1010 g/mol. The largest absolute Gasteiger partial charge is 0.494 e. The molecule has 7 nitrogen and oxygen atoms in total. The minimum Gasteiger partial charge on any atom is -0.494 e. The molecule has 0 saturated carbocycles. The van der Waals surface area contributed by atoms with Crippen molar-refractivity contribution < 1.29 is 33.2 Å². The second-order valence-electron chi connectivity index (χ2n) is 18.8. The van der Waals surface area contributed by atoms with Crippen molar-refractivity contribution in [3.63, 3.8) is 0 Å². The number of aryl methyl sites for hydroxylation is 8. The van der Waals surface area contributed by atoms with Crippen molar-refractivity contribution in [3.05, 3.63) is 172 Å². The average Bonchev–Trinajstić information content (AvgIpc) is 3.38. The molecule has 6 aromatic carbocycles. The van der Waals surface area contributed by atoms with Crippen LogP contribution in [0.3, 0.4) is 0 Å². The summed E-state index contributed by atoms with van der Waals surface area (Å²) >= 11 is 0. The van der Waals surface area contributed by atoms with Gasteiger partial charge in [0.25, 0.3) is 0 Å². The maximum Gasteiger partial charge on any atom is 0.122 e. The maximum absolute atomic E-state index is 5.74. The highest BCUT2D eigenvalue weighted by atomic mass is 16.5. The minimum atomic E-state index is 0.635. The van der Waals surface area contributed by atoms with Crippen LogP contribution in [0, 0.1) is 61.3 Å². The first-order chi connectivity index (χ1) is 35.6. The van der Waals surface area contributed by atoms with E-state index < -0.39 is 0 Å². The fourth-order valence-corrected chi connectivity index (χ4v) is 6.59. The van der Waals surface area contributed by atoms with E-state index in [4.69, 9.17) is 33.2 Å². The Bertz CT molecular complexity index is 2320. The molecule has 6 aromatic rings. The van der Waals surface area contributed by atoms with Gasteiger partial charge >= 0.3 is 0 Å². The smallest absolute Gasteiger partial charge is 0.122 e. The first-order valence-corrected chi connectivity index (χ1v) is 27.5. The molecule has 0 amide bonds. The van der Waals surface area contributed by atoms with Gasteiger partial charge in [-0.1, -0.05) is 150 Å². The summed E-state index contributed by atoms with van der Waals surface area (Å²) in [5.41, 5.74) is 10.1. The lowest BCUT2D eigenvalue weighted by molar-refractivity contribution is 0.255. The van der Waals surface area contributed by atoms with E-state index in [2.05, 4.69) is 177 Å². The first kappa shape index (κ1) is 65.9. The molecule has 1 unspecified atom stereocenters. The molecule has 6 rings (SSSR count). The minimum absolute atomic E-state index is 0.635. The van der Waals surface area contributed by atoms with E-state index in [-0.39, 0.29) is 0 Å². The molecule has 1 atom stereocenters. The van der Waals surface area contributed by atoms with Crippen LogP contribution in [0.4, 0.5) is 0 Å². The number of benzene rings is 6. The van der Waals surface area contributed by atoms with E-state index >= 15 is 0 Å². The molecule has 0 aliphatic heterocycles. The van der Waals surface area contributed by atoms with E-state index in [0.29, 0.717) is 12.5 Å². The third-order valence-electron chi connectivity index (χ3n) is 11.0. The van der Waals surface area contributed by atoms with Crippen LogP contribution in [0.1, 0.15) is 145 Å². The van der Waals surface area contributed by atoms with Gasteiger partial charge in [-0.15, -0.1) is 0 Å². The van der Waals surface area contributed by atoms with Gasteiger partial charge in [0, 0.05) is 6.07 Å². The van der Waals surface area contributed by atoms with Crippen molar-refractivity contribution in [1.29, 1.82) is 0 Å². The van der Waals surface area contributed by atoms with E-state index in [1.165, 1.54) is 57.3 Å². The first-order valence-electron chi connectivity index (χ1n) is 27.5.